The maximum atomic E-state index is 4.20. The topological polar surface area (TPSA) is 40.7 Å². The molecule has 0 saturated heterocycles. The normalized spacial score (nSPS) is 16.6. The van der Waals surface area contributed by atoms with E-state index in [1.807, 2.05) is 12.3 Å². The molecule has 3 heteroatoms. The van der Waals surface area contributed by atoms with Gasteiger partial charge in [0.2, 0.25) is 0 Å². The van der Waals surface area contributed by atoms with Crippen molar-refractivity contribution in [3.8, 4) is 11.3 Å². The van der Waals surface area contributed by atoms with Crippen molar-refractivity contribution in [3.63, 3.8) is 0 Å². The van der Waals surface area contributed by atoms with E-state index in [2.05, 4.69) is 53.6 Å². The molecule has 106 valence electrons. The molecular formula is C17H23N3. The van der Waals surface area contributed by atoms with E-state index in [1.54, 1.807) is 0 Å². The van der Waals surface area contributed by atoms with Crippen LogP contribution in [0.15, 0.2) is 36.5 Å². The van der Waals surface area contributed by atoms with E-state index in [0.717, 1.165) is 24.7 Å². The lowest BCUT2D eigenvalue weighted by molar-refractivity contribution is 0.338. The fraction of sp³-hybridized carbons (Fsp3) is 0.471. The van der Waals surface area contributed by atoms with Crippen molar-refractivity contribution in [2.45, 2.75) is 33.2 Å². The van der Waals surface area contributed by atoms with Gasteiger partial charge in [-0.05, 0) is 29.7 Å². The van der Waals surface area contributed by atoms with E-state index in [4.69, 9.17) is 0 Å². The predicted octanol–water partition coefficient (Wildman–Crippen LogP) is 3.60. The summed E-state index contributed by atoms with van der Waals surface area (Å²) >= 11 is 0. The molecule has 1 aliphatic rings. The summed E-state index contributed by atoms with van der Waals surface area (Å²) in [7, 11) is 0. The zero-order chi connectivity index (χ0) is 14.0. The van der Waals surface area contributed by atoms with Crippen LogP contribution in [-0.4, -0.2) is 16.7 Å². The first-order valence-corrected chi connectivity index (χ1v) is 7.50. The molecule has 20 heavy (non-hydrogen) atoms. The third-order valence-corrected chi connectivity index (χ3v) is 4.69. The Hall–Kier alpha value is -1.61. The number of H-pyrrole nitrogens is 1. The molecule has 1 aromatic carbocycles. The van der Waals surface area contributed by atoms with Gasteiger partial charge < -0.3 is 5.32 Å². The Bertz CT molecular complexity index is 553. The second-order valence-corrected chi connectivity index (χ2v) is 6.26. The standard InChI is InChI=1S/C17H23N3/c1-13(2)17(8-9-17)12-18-10-15-11-19-20-16(15)14-6-4-3-5-7-14/h3-7,11,13,18H,8-10,12H2,1-2H3,(H,19,20). The van der Waals surface area contributed by atoms with E-state index in [9.17, 15) is 0 Å². The number of rotatable bonds is 6. The van der Waals surface area contributed by atoms with Crippen LogP contribution in [0, 0.1) is 11.3 Å². The summed E-state index contributed by atoms with van der Waals surface area (Å²) in [6.07, 6.45) is 4.67. The largest absolute Gasteiger partial charge is 0.312 e. The van der Waals surface area contributed by atoms with Crippen molar-refractivity contribution in [2.24, 2.45) is 11.3 Å². The van der Waals surface area contributed by atoms with Crippen molar-refractivity contribution >= 4 is 0 Å². The summed E-state index contributed by atoms with van der Waals surface area (Å²) in [4.78, 5) is 0. The van der Waals surface area contributed by atoms with Crippen molar-refractivity contribution in [1.29, 1.82) is 0 Å². The molecule has 0 unspecified atom stereocenters. The smallest absolute Gasteiger partial charge is 0.0695 e. The monoisotopic (exact) mass is 269 g/mol. The van der Waals surface area contributed by atoms with Crippen LogP contribution in [0.2, 0.25) is 0 Å². The van der Waals surface area contributed by atoms with Crippen LogP contribution in [0.1, 0.15) is 32.3 Å². The third kappa shape index (κ3) is 2.63. The molecule has 1 aromatic heterocycles. The molecule has 3 rings (SSSR count). The Morgan fingerprint density at radius 2 is 2.00 bits per heavy atom. The minimum Gasteiger partial charge on any atom is -0.312 e. The highest BCUT2D eigenvalue weighted by atomic mass is 15.1. The fourth-order valence-electron chi connectivity index (χ4n) is 2.86. The lowest BCUT2D eigenvalue weighted by atomic mass is 9.92. The summed E-state index contributed by atoms with van der Waals surface area (Å²) in [6.45, 7) is 6.67. The van der Waals surface area contributed by atoms with Crippen molar-refractivity contribution < 1.29 is 0 Å². The minimum atomic E-state index is 0.552. The second-order valence-electron chi connectivity index (χ2n) is 6.26. The van der Waals surface area contributed by atoms with Gasteiger partial charge >= 0.3 is 0 Å². The number of nitrogens with one attached hydrogen (secondary N) is 2. The molecule has 3 nitrogen and oxygen atoms in total. The van der Waals surface area contributed by atoms with Crippen molar-refractivity contribution in [3.05, 3.63) is 42.1 Å². The fourth-order valence-corrected chi connectivity index (χ4v) is 2.86. The summed E-state index contributed by atoms with van der Waals surface area (Å²) in [5, 5.41) is 10.9. The van der Waals surface area contributed by atoms with E-state index in [-0.39, 0.29) is 0 Å². The first-order valence-electron chi connectivity index (χ1n) is 7.50. The van der Waals surface area contributed by atoms with Crippen LogP contribution in [0.25, 0.3) is 11.3 Å². The van der Waals surface area contributed by atoms with Crippen LogP contribution in [0.4, 0.5) is 0 Å². The van der Waals surface area contributed by atoms with Gasteiger partial charge in [-0.1, -0.05) is 44.2 Å². The molecule has 0 radical (unpaired) electrons. The Morgan fingerprint density at radius 3 is 2.65 bits per heavy atom. The maximum absolute atomic E-state index is 4.20. The highest BCUT2D eigenvalue weighted by molar-refractivity contribution is 5.62. The van der Waals surface area contributed by atoms with Crippen LogP contribution in [0.5, 0.6) is 0 Å². The Balaban J connectivity index is 1.63. The Labute approximate surface area is 120 Å². The number of aromatic amines is 1. The molecule has 1 saturated carbocycles. The lowest BCUT2D eigenvalue weighted by Crippen LogP contribution is -2.27. The van der Waals surface area contributed by atoms with Crippen LogP contribution < -0.4 is 5.32 Å². The molecular weight excluding hydrogens is 246 g/mol. The molecule has 0 spiro atoms. The van der Waals surface area contributed by atoms with Gasteiger partial charge in [-0.3, -0.25) is 5.10 Å². The minimum absolute atomic E-state index is 0.552. The molecule has 1 aliphatic carbocycles. The first-order chi connectivity index (χ1) is 9.71. The highest BCUT2D eigenvalue weighted by Crippen LogP contribution is 2.51. The van der Waals surface area contributed by atoms with Gasteiger partial charge in [0.25, 0.3) is 0 Å². The Morgan fingerprint density at radius 1 is 1.25 bits per heavy atom. The van der Waals surface area contributed by atoms with E-state index >= 15 is 0 Å². The van der Waals surface area contributed by atoms with Crippen LogP contribution in [0.3, 0.4) is 0 Å². The van der Waals surface area contributed by atoms with Crippen LogP contribution >= 0.6 is 0 Å². The number of nitrogens with zero attached hydrogens (tertiary/aromatic N) is 1. The zero-order valence-corrected chi connectivity index (χ0v) is 12.3. The molecule has 0 atom stereocenters. The summed E-state index contributed by atoms with van der Waals surface area (Å²) in [6, 6.07) is 10.4. The third-order valence-electron chi connectivity index (χ3n) is 4.69. The van der Waals surface area contributed by atoms with Gasteiger partial charge in [-0.25, -0.2) is 0 Å². The lowest BCUT2D eigenvalue weighted by Gasteiger charge is -2.20. The summed E-state index contributed by atoms with van der Waals surface area (Å²) in [5.74, 6) is 0.771. The summed E-state index contributed by atoms with van der Waals surface area (Å²) in [5.41, 5.74) is 4.13. The Kier molecular flexibility index (Phi) is 3.62. The van der Waals surface area contributed by atoms with Gasteiger partial charge in [-0.2, -0.15) is 5.10 Å². The van der Waals surface area contributed by atoms with E-state index in [0.29, 0.717) is 5.41 Å². The first kappa shape index (κ1) is 13.4. The number of hydrogen-bond donors (Lipinski definition) is 2. The van der Waals surface area contributed by atoms with Crippen LogP contribution in [-0.2, 0) is 6.54 Å². The molecule has 0 amide bonds. The highest BCUT2D eigenvalue weighted by Gasteiger charge is 2.44. The molecule has 1 fully saturated rings. The second kappa shape index (κ2) is 5.41. The van der Waals surface area contributed by atoms with Crippen molar-refractivity contribution in [2.75, 3.05) is 6.54 Å². The zero-order valence-electron chi connectivity index (χ0n) is 12.3. The van der Waals surface area contributed by atoms with E-state index < -0.39 is 0 Å². The molecule has 1 heterocycles. The molecule has 2 aromatic rings. The van der Waals surface area contributed by atoms with Gasteiger partial charge in [0, 0.05) is 18.7 Å². The number of hydrogen-bond acceptors (Lipinski definition) is 2. The summed E-state index contributed by atoms with van der Waals surface area (Å²) < 4.78 is 0. The quantitative estimate of drug-likeness (QED) is 0.841. The molecule has 2 N–H and O–H groups in total. The number of aromatic nitrogens is 2. The number of benzene rings is 1. The van der Waals surface area contributed by atoms with Gasteiger partial charge in [-0.15, -0.1) is 0 Å². The van der Waals surface area contributed by atoms with Gasteiger partial charge in [0.1, 0.15) is 0 Å². The average Bonchev–Trinajstić information content (AvgIpc) is 3.11. The maximum Gasteiger partial charge on any atom is 0.0695 e. The van der Waals surface area contributed by atoms with Crippen molar-refractivity contribution in [1.82, 2.24) is 15.5 Å². The van der Waals surface area contributed by atoms with Gasteiger partial charge in [0.05, 0.1) is 11.9 Å². The molecule has 0 aliphatic heterocycles. The van der Waals surface area contributed by atoms with E-state index in [1.165, 1.54) is 24.0 Å². The van der Waals surface area contributed by atoms with Gasteiger partial charge in [0.15, 0.2) is 0 Å². The predicted molar refractivity (Wildman–Crippen MR) is 82.2 cm³/mol. The SMILES string of the molecule is CC(C)C1(CNCc2cn[nH]c2-c2ccccc2)CC1. The molecule has 0 bridgehead atoms. The average molecular weight is 269 g/mol.